The van der Waals surface area contributed by atoms with Gasteiger partial charge in [-0.2, -0.15) is 0 Å². The molecule has 0 bridgehead atoms. The number of likely N-dealkylation sites (tertiary alicyclic amines) is 1. The van der Waals surface area contributed by atoms with E-state index in [0.717, 1.165) is 44.8 Å². The van der Waals surface area contributed by atoms with Gasteiger partial charge in [-0.3, -0.25) is 4.79 Å². The van der Waals surface area contributed by atoms with E-state index >= 15 is 0 Å². The first-order valence-corrected chi connectivity index (χ1v) is 10.5. The van der Waals surface area contributed by atoms with Crippen LogP contribution in [0.1, 0.15) is 63.0 Å². The monoisotopic (exact) mass is 356 g/mol. The van der Waals surface area contributed by atoms with E-state index < -0.39 is 0 Å². The Bertz CT molecular complexity index is 585. The summed E-state index contributed by atoms with van der Waals surface area (Å²) in [6, 6.07) is 11.1. The summed E-state index contributed by atoms with van der Waals surface area (Å²) in [5.41, 5.74) is 1.17. The average Bonchev–Trinajstić information content (AvgIpc) is 3.19. The van der Waals surface area contributed by atoms with Crippen molar-refractivity contribution in [2.24, 2.45) is 11.8 Å². The van der Waals surface area contributed by atoms with Crippen molar-refractivity contribution in [2.45, 2.75) is 69.6 Å². The molecule has 1 heterocycles. The molecule has 1 unspecified atom stereocenters. The number of hydrogen-bond donors (Lipinski definition) is 2. The van der Waals surface area contributed by atoms with E-state index in [9.17, 15) is 9.90 Å². The van der Waals surface area contributed by atoms with Gasteiger partial charge in [-0.05, 0) is 63.1 Å². The minimum absolute atomic E-state index is 0.0416. The molecule has 1 aliphatic heterocycles. The Morgan fingerprint density at radius 2 is 1.69 bits per heavy atom. The molecule has 26 heavy (non-hydrogen) atoms. The second-order valence-electron chi connectivity index (χ2n) is 8.53. The Hall–Kier alpha value is -1.39. The Labute approximate surface area is 157 Å². The van der Waals surface area contributed by atoms with Gasteiger partial charge in [-0.1, -0.05) is 43.2 Å². The average molecular weight is 357 g/mol. The van der Waals surface area contributed by atoms with Crippen LogP contribution in [0.3, 0.4) is 0 Å². The molecule has 142 valence electrons. The van der Waals surface area contributed by atoms with E-state index in [1.54, 1.807) is 0 Å². The Morgan fingerprint density at radius 3 is 2.31 bits per heavy atom. The van der Waals surface area contributed by atoms with E-state index in [2.05, 4.69) is 22.3 Å². The highest BCUT2D eigenvalue weighted by Gasteiger charge is 2.37. The highest BCUT2D eigenvalue weighted by atomic mass is 16.3. The summed E-state index contributed by atoms with van der Waals surface area (Å²) in [7, 11) is 0. The van der Waals surface area contributed by atoms with Crippen molar-refractivity contribution >= 4 is 5.91 Å². The minimum Gasteiger partial charge on any atom is -0.393 e. The molecular formula is C22H32N2O2. The van der Waals surface area contributed by atoms with Gasteiger partial charge >= 0.3 is 0 Å². The number of amides is 1. The van der Waals surface area contributed by atoms with Crippen LogP contribution in [0.2, 0.25) is 0 Å². The van der Waals surface area contributed by atoms with Crippen molar-refractivity contribution in [1.29, 1.82) is 0 Å². The number of aliphatic hydroxyl groups is 1. The summed E-state index contributed by atoms with van der Waals surface area (Å²) >= 11 is 0. The van der Waals surface area contributed by atoms with E-state index in [-0.39, 0.29) is 24.0 Å². The van der Waals surface area contributed by atoms with Crippen molar-refractivity contribution in [3.63, 3.8) is 0 Å². The predicted octanol–water partition coefficient (Wildman–Crippen LogP) is 3.27. The molecule has 1 aromatic rings. The lowest BCUT2D eigenvalue weighted by Gasteiger charge is -2.40. The summed E-state index contributed by atoms with van der Waals surface area (Å²) < 4.78 is 0. The zero-order valence-electron chi connectivity index (χ0n) is 15.6. The fourth-order valence-electron chi connectivity index (χ4n) is 5.10. The molecular weight excluding hydrogens is 324 g/mol. The summed E-state index contributed by atoms with van der Waals surface area (Å²) in [5, 5.41) is 13.1. The number of piperidine rings is 1. The van der Waals surface area contributed by atoms with E-state index in [0.29, 0.717) is 5.92 Å². The molecule has 1 saturated heterocycles. The maximum absolute atomic E-state index is 12.9. The standard InChI is InChI=1S/C22H32N2O2/c25-20-14-18(15-20)21(16-6-2-1-3-7-16)23-22(26)17-10-12-24(13-11-17)19-8-4-5-9-19/h1-3,6-7,17-21,25H,4-5,8-15H2,(H,23,26). The number of rotatable bonds is 5. The number of aliphatic hydroxyl groups excluding tert-OH is 1. The summed E-state index contributed by atoms with van der Waals surface area (Å²) in [5.74, 6) is 0.713. The van der Waals surface area contributed by atoms with Crippen LogP contribution in [0.5, 0.6) is 0 Å². The third-order valence-electron chi connectivity index (χ3n) is 6.82. The first-order chi connectivity index (χ1) is 12.7. The van der Waals surface area contributed by atoms with Crippen molar-refractivity contribution in [3.8, 4) is 0 Å². The first kappa shape index (κ1) is 18.0. The molecule has 1 atom stereocenters. The molecule has 0 aromatic heterocycles. The lowest BCUT2D eigenvalue weighted by Crippen LogP contribution is -2.47. The second kappa shape index (κ2) is 8.10. The summed E-state index contributed by atoms with van der Waals surface area (Å²) in [6.45, 7) is 2.14. The first-order valence-electron chi connectivity index (χ1n) is 10.5. The van der Waals surface area contributed by atoms with Crippen molar-refractivity contribution in [1.82, 2.24) is 10.2 Å². The molecule has 1 amide bonds. The van der Waals surface area contributed by atoms with Gasteiger partial charge < -0.3 is 15.3 Å². The molecule has 0 radical (unpaired) electrons. The summed E-state index contributed by atoms with van der Waals surface area (Å²) in [6.07, 6.45) is 8.79. The number of carbonyl (C=O) groups excluding carboxylic acids is 1. The number of nitrogens with one attached hydrogen (secondary N) is 1. The molecule has 1 aromatic carbocycles. The maximum atomic E-state index is 12.9. The fraction of sp³-hybridized carbons (Fsp3) is 0.682. The van der Waals surface area contributed by atoms with Crippen molar-refractivity contribution in [3.05, 3.63) is 35.9 Å². The van der Waals surface area contributed by atoms with E-state index in [1.807, 2.05) is 18.2 Å². The van der Waals surface area contributed by atoms with Crippen LogP contribution in [0.4, 0.5) is 0 Å². The second-order valence-corrected chi connectivity index (χ2v) is 8.53. The normalized spacial score (nSPS) is 29.3. The van der Waals surface area contributed by atoms with Crippen LogP contribution in [-0.2, 0) is 4.79 Å². The van der Waals surface area contributed by atoms with Gasteiger partial charge in [0.05, 0.1) is 12.1 Å². The van der Waals surface area contributed by atoms with Gasteiger partial charge in [0.2, 0.25) is 5.91 Å². The van der Waals surface area contributed by atoms with Gasteiger partial charge in [-0.15, -0.1) is 0 Å². The van der Waals surface area contributed by atoms with Crippen molar-refractivity contribution in [2.75, 3.05) is 13.1 Å². The van der Waals surface area contributed by atoms with Crippen LogP contribution in [0.25, 0.3) is 0 Å². The number of carbonyl (C=O) groups is 1. The molecule has 3 fully saturated rings. The minimum atomic E-state index is -0.197. The third kappa shape index (κ3) is 3.96. The molecule has 4 rings (SSSR count). The third-order valence-corrected chi connectivity index (χ3v) is 6.82. The van der Waals surface area contributed by atoms with Gasteiger partial charge in [0.25, 0.3) is 0 Å². The molecule has 0 spiro atoms. The van der Waals surface area contributed by atoms with Crippen LogP contribution in [-0.4, -0.2) is 41.1 Å². The molecule has 4 nitrogen and oxygen atoms in total. The molecule has 2 aliphatic carbocycles. The smallest absolute Gasteiger partial charge is 0.223 e. The number of nitrogens with zero attached hydrogens (tertiary/aromatic N) is 1. The van der Waals surface area contributed by atoms with Crippen LogP contribution >= 0.6 is 0 Å². The lowest BCUT2D eigenvalue weighted by atomic mass is 9.75. The van der Waals surface area contributed by atoms with Gasteiger partial charge in [0.15, 0.2) is 0 Å². The Morgan fingerprint density at radius 1 is 1.04 bits per heavy atom. The zero-order valence-corrected chi connectivity index (χ0v) is 15.6. The predicted molar refractivity (Wildman–Crippen MR) is 103 cm³/mol. The molecule has 3 aliphatic rings. The van der Waals surface area contributed by atoms with Crippen LogP contribution in [0, 0.1) is 11.8 Å². The van der Waals surface area contributed by atoms with E-state index in [1.165, 1.54) is 31.2 Å². The SMILES string of the molecule is O=C(NC(c1ccccc1)C1CC(O)C1)C1CCN(C2CCCC2)CC1. The quantitative estimate of drug-likeness (QED) is 0.851. The zero-order chi connectivity index (χ0) is 17.9. The topological polar surface area (TPSA) is 52.6 Å². The Balaban J connectivity index is 1.34. The van der Waals surface area contributed by atoms with Gasteiger partial charge in [0, 0.05) is 12.0 Å². The van der Waals surface area contributed by atoms with Crippen LogP contribution in [0.15, 0.2) is 30.3 Å². The Kier molecular flexibility index (Phi) is 5.60. The maximum Gasteiger partial charge on any atom is 0.223 e. The molecule has 2 saturated carbocycles. The highest BCUT2D eigenvalue weighted by Crippen LogP contribution is 2.38. The number of benzene rings is 1. The molecule has 2 N–H and O–H groups in total. The fourth-order valence-corrected chi connectivity index (χ4v) is 5.10. The summed E-state index contributed by atoms with van der Waals surface area (Å²) in [4.78, 5) is 15.6. The molecule has 4 heteroatoms. The lowest BCUT2D eigenvalue weighted by molar-refractivity contribution is -0.128. The van der Waals surface area contributed by atoms with Gasteiger partial charge in [0.1, 0.15) is 0 Å². The largest absolute Gasteiger partial charge is 0.393 e. The highest BCUT2D eigenvalue weighted by molar-refractivity contribution is 5.79. The van der Waals surface area contributed by atoms with Crippen molar-refractivity contribution < 1.29 is 9.90 Å². The van der Waals surface area contributed by atoms with E-state index in [4.69, 9.17) is 0 Å². The van der Waals surface area contributed by atoms with Crippen LogP contribution < -0.4 is 5.32 Å². The van der Waals surface area contributed by atoms with Gasteiger partial charge in [-0.25, -0.2) is 0 Å². The number of hydrogen-bond acceptors (Lipinski definition) is 3.